The number of alkyl halides is 4. The van der Waals surface area contributed by atoms with Gasteiger partial charge in [-0.3, -0.25) is 0 Å². The molecule has 3 nitrogen and oxygen atoms in total. The van der Waals surface area contributed by atoms with Crippen LogP contribution in [-0.4, -0.2) is 33.6 Å². The minimum atomic E-state index is -4.32. The summed E-state index contributed by atoms with van der Waals surface area (Å²) in [6, 6.07) is 5.08. The highest BCUT2D eigenvalue weighted by molar-refractivity contribution is 9.09. The van der Waals surface area contributed by atoms with Crippen LogP contribution in [0, 0.1) is 0 Å². The van der Waals surface area contributed by atoms with Crippen LogP contribution in [0.4, 0.5) is 13.2 Å². The number of hydrogen-bond acceptors (Lipinski definition) is 3. The van der Waals surface area contributed by atoms with E-state index >= 15 is 0 Å². The van der Waals surface area contributed by atoms with Gasteiger partial charge in [0.2, 0.25) is 0 Å². The van der Waals surface area contributed by atoms with Crippen molar-refractivity contribution < 1.29 is 27.4 Å². The van der Waals surface area contributed by atoms with Crippen molar-refractivity contribution in [3.05, 3.63) is 23.8 Å². The van der Waals surface area contributed by atoms with Gasteiger partial charge < -0.3 is 14.2 Å². The summed E-state index contributed by atoms with van der Waals surface area (Å²) in [5.74, 6) is 1.13. The van der Waals surface area contributed by atoms with Gasteiger partial charge in [-0.2, -0.15) is 13.2 Å². The molecule has 1 aromatic carbocycles. The topological polar surface area (TPSA) is 27.7 Å². The van der Waals surface area contributed by atoms with E-state index in [4.69, 9.17) is 9.47 Å². The van der Waals surface area contributed by atoms with Crippen LogP contribution < -0.4 is 9.47 Å². The lowest BCUT2D eigenvalue weighted by molar-refractivity contribution is -0.173. The Kier molecular flexibility index (Phi) is 5.93. The first kappa shape index (κ1) is 16.1. The molecule has 0 amide bonds. The van der Waals surface area contributed by atoms with Crippen molar-refractivity contribution in [1.29, 1.82) is 0 Å². The Morgan fingerprint density at radius 2 is 1.89 bits per heavy atom. The average Bonchev–Trinajstić information content (AvgIpc) is 2.36. The predicted octanol–water partition coefficient (Wildman–Crippen LogP) is 3.72. The minimum Gasteiger partial charge on any atom is -0.497 e. The third-order valence-electron chi connectivity index (χ3n) is 2.31. The normalized spacial score (nSPS) is 13.2. The monoisotopic (exact) mass is 342 g/mol. The fourth-order valence-electron chi connectivity index (χ4n) is 1.45. The van der Waals surface area contributed by atoms with Crippen LogP contribution in [0.1, 0.15) is 10.4 Å². The van der Waals surface area contributed by atoms with Gasteiger partial charge in [-0.25, -0.2) is 0 Å². The Balaban J connectivity index is 2.68. The standard InChI is InChI=1S/C12H14BrF3O3/c1-17-8-3-4-9(11(5-8)18-2)10(13)6-19-7-12(14,15)16/h3-5,10H,6-7H2,1-2H3. The Morgan fingerprint density at radius 1 is 1.21 bits per heavy atom. The van der Waals surface area contributed by atoms with Gasteiger partial charge in [-0.05, 0) is 6.07 Å². The van der Waals surface area contributed by atoms with Crippen LogP contribution in [0.3, 0.4) is 0 Å². The molecule has 0 aromatic heterocycles. The van der Waals surface area contributed by atoms with Crippen molar-refractivity contribution in [2.45, 2.75) is 11.0 Å². The third kappa shape index (κ3) is 5.28. The number of methoxy groups -OCH3 is 2. The highest BCUT2D eigenvalue weighted by atomic mass is 79.9. The molecule has 0 heterocycles. The van der Waals surface area contributed by atoms with Crippen LogP contribution in [0.25, 0.3) is 0 Å². The Hall–Kier alpha value is -0.950. The highest BCUT2D eigenvalue weighted by Crippen LogP contribution is 2.34. The number of halogens is 4. The zero-order valence-corrected chi connectivity index (χ0v) is 12.0. The van der Waals surface area contributed by atoms with Crippen molar-refractivity contribution >= 4 is 15.9 Å². The lowest BCUT2D eigenvalue weighted by Gasteiger charge is -2.16. The van der Waals surface area contributed by atoms with E-state index in [0.717, 1.165) is 0 Å². The smallest absolute Gasteiger partial charge is 0.411 e. The maximum absolute atomic E-state index is 12.0. The van der Waals surface area contributed by atoms with Gasteiger partial charge >= 0.3 is 6.18 Å². The Morgan fingerprint density at radius 3 is 2.42 bits per heavy atom. The van der Waals surface area contributed by atoms with Crippen LogP contribution in [-0.2, 0) is 4.74 Å². The van der Waals surface area contributed by atoms with Crippen molar-refractivity contribution in [2.75, 3.05) is 27.4 Å². The molecule has 1 rings (SSSR count). The molecule has 0 saturated carbocycles. The molecule has 0 aliphatic rings. The number of benzene rings is 1. The SMILES string of the molecule is COc1ccc(C(Br)COCC(F)(F)F)c(OC)c1. The molecule has 0 fully saturated rings. The van der Waals surface area contributed by atoms with Crippen molar-refractivity contribution in [2.24, 2.45) is 0 Å². The summed E-state index contributed by atoms with van der Waals surface area (Å²) in [4.78, 5) is -0.393. The highest BCUT2D eigenvalue weighted by Gasteiger charge is 2.28. The summed E-state index contributed by atoms with van der Waals surface area (Å²) >= 11 is 3.28. The first-order valence-corrected chi connectivity index (χ1v) is 6.29. The molecule has 108 valence electrons. The summed E-state index contributed by atoms with van der Waals surface area (Å²) in [5.41, 5.74) is 0.700. The van der Waals surface area contributed by atoms with E-state index in [1.165, 1.54) is 14.2 Å². The Labute approximate surface area is 117 Å². The minimum absolute atomic E-state index is 0.109. The van der Waals surface area contributed by atoms with E-state index in [0.29, 0.717) is 17.1 Å². The summed E-state index contributed by atoms with van der Waals surface area (Å²) in [7, 11) is 3.00. The molecule has 1 atom stereocenters. The van der Waals surface area contributed by atoms with E-state index < -0.39 is 17.6 Å². The lowest BCUT2D eigenvalue weighted by atomic mass is 10.1. The molecule has 1 aromatic rings. The molecular formula is C12H14BrF3O3. The first-order valence-electron chi connectivity index (χ1n) is 5.38. The van der Waals surface area contributed by atoms with Crippen LogP contribution >= 0.6 is 15.9 Å². The molecule has 0 aliphatic heterocycles. The largest absolute Gasteiger partial charge is 0.497 e. The third-order valence-corrected chi connectivity index (χ3v) is 3.07. The predicted molar refractivity (Wildman–Crippen MR) is 68.1 cm³/mol. The summed E-state index contributed by atoms with van der Waals surface area (Å²) < 4.78 is 50.7. The fraction of sp³-hybridized carbons (Fsp3) is 0.500. The van der Waals surface area contributed by atoms with Gasteiger partial charge in [0.25, 0.3) is 0 Å². The van der Waals surface area contributed by atoms with Gasteiger partial charge in [0.05, 0.1) is 25.7 Å². The van der Waals surface area contributed by atoms with Crippen molar-refractivity contribution in [3.8, 4) is 11.5 Å². The number of ether oxygens (including phenoxy) is 3. The number of hydrogen-bond donors (Lipinski definition) is 0. The summed E-state index contributed by atoms with van der Waals surface area (Å²) in [6.45, 7) is -1.38. The molecule has 19 heavy (non-hydrogen) atoms. The average molecular weight is 343 g/mol. The van der Waals surface area contributed by atoms with Gasteiger partial charge in [-0.1, -0.05) is 22.0 Å². The quantitative estimate of drug-likeness (QED) is 0.737. The van der Waals surface area contributed by atoms with Crippen LogP contribution in [0.5, 0.6) is 11.5 Å². The van der Waals surface area contributed by atoms with Gasteiger partial charge in [0, 0.05) is 11.6 Å². The molecule has 0 saturated heterocycles. The zero-order chi connectivity index (χ0) is 14.5. The van der Waals surface area contributed by atoms with E-state index in [9.17, 15) is 13.2 Å². The van der Waals surface area contributed by atoms with Crippen LogP contribution in [0.15, 0.2) is 18.2 Å². The number of rotatable bonds is 6. The molecule has 0 aliphatic carbocycles. The lowest BCUT2D eigenvalue weighted by Crippen LogP contribution is -2.18. The van der Waals surface area contributed by atoms with E-state index in [-0.39, 0.29) is 6.61 Å². The fourth-order valence-corrected chi connectivity index (χ4v) is 2.01. The summed E-state index contributed by atoms with van der Waals surface area (Å²) in [5, 5.41) is 0. The molecule has 0 radical (unpaired) electrons. The van der Waals surface area contributed by atoms with Gasteiger partial charge in [0.1, 0.15) is 18.1 Å². The van der Waals surface area contributed by atoms with E-state index in [1.54, 1.807) is 18.2 Å². The summed E-state index contributed by atoms with van der Waals surface area (Å²) in [6.07, 6.45) is -4.32. The molecule has 0 N–H and O–H groups in total. The second-order valence-electron chi connectivity index (χ2n) is 3.71. The van der Waals surface area contributed by atoms with E-state index in [2.05, 4.69) is 20.7 Å². The van der Waals surface area contributed by atoms with Gasteiger partial charge in [0.15, 0.2) is 0 Å². The zero-order valence-electron chi connectivity index (χ0n) is 10.5. The second-order valence-corrected chi connectivity index (χ2v) is 4.81. The molecular weight excluding hydrogens is 329 g/mol. The van der Waals surface area contributed by atoms with Gasteiger partial charge in [-0.15, -0.1) is 0 Å². The molecule has 0 spiro atoms. The molecule has 1 unspecified atom stereocenters. The Bertz CT molecular complexity index is 410. The second kappa shape index (κ2) is 7.00. The maximum Gasteiger partial charge on any atom is 0.411 e. The van der Waals surface area contributed by atoms with Crippen molar-refractivity contribution in [3.63, 3.8) is 0 Å². The van der Waals surface area contributed by atoms with Crippen molar-refractivity contribution in [1.82, 2.24) is 0 Å². The maximum atomic E-state index is 12.0. The van der Waals surface area contributed by atoms with Crippen LogP contribution in [0.2, 0.25) is 0 Å². The first-order chi connectivity index (χ1) is 8.87. The molecule has 0 bridgehead atoms. The molecule has 7 heteroatoms. The van der Waals surface area contributed by atoms with E-state index in [1.807, 2.05) is 0 Å².